The van der Waals surface area contributed by atoms with Crippen LogP contribution in [0.3, 0.4) is 0 Å². The van der Waals surface area contributed by atoms with Crippen molar-refractivity contribution in [2.24, 2.45) is 0 Å². The van der Waals surface area contributed by atoms with Crippen LogP contribution < -0.4 is 11.2 Å². The summed E-state index contributed by atoms with van der Waals surface area (Å²) < 4.78 is 32.7. The van der Waals surface area contributed by atoms with Gasteiger partial charge in [0.05, 0.1) is 11.1 Å². The van der Waals surface area contributed by atoms with Crippen molar-refractivity contribution in [3.63, 3.8) is 0 Å². The molecule has 0 unspecified atom stereocenters. The molecule has 0 bridgehead atoms. The second-order valence-electron chi connectivity index (χ2n) is 7.31. The molecule has 9 heteroatoms. The molecule has 164 valence electrons. The van der Waals surface area contributed by atoms with Crippen LogP contribution in [0.15, 0.2) is 58.8 Å². The number of rotatable bonds is 5. The summed E-state index contributed by atoms with van der Waals surface area (Å²) in [4.78, 5) is 25.8. The van der Waals surface area contributed by atoms with E-state index in [4.69, 9.17) is 0 Å². The van der Waals surface area contributed by atoms with E-state index in [-0.39, 0.29) is 29.1 Å². The molecule has 0 aliphatic carbocycles. The largest absolute Gasteiger partial charge is 0.388 e. The highest BCUT2D eigenvalue weighted by Gasteiger charge is 2.20. The number of hydrogen-bond acceptors (Lipinski definition) is 4. The number of benzene rings is 2. The molecule has 2 heterocycles. The molecule has 2 aromatic carbocycles. The lowest BCUT2D eigenvalue weighted by atomic mass is 10.0. The second kappa shape index (κ2) is 8.01. The lowest BCUT2D eigenvalue weighted by Crippen LogP contribution is -2.25. The van der Waals surface area contributed by atoms with Crippen LogP contribution in [0, 0.1) is 11.6 Å². The van der Waals surface area contributed by atoms with Crippen molar-refractivity contribution in [1.29, 1.82) is 0 Å². The molecule has 4 rings (SSSR count). The average molecular weight is 438 g/mol. The fraction of sp³-hybridized carbons (Fsp3) is 0.174. The topological polar surface area (TPSA) is 82.0 Å². The standard InChI is InChI=1S/C23H20F2N4O3/c1-4-27-21(12-30)26-29(23(27)32)20-10-14-15(9-18(20)25)22(31)28(11-16(14)13(2)3)19-8-6-5-7-17(19)24/h5-11,30H,2,4,12H2,1,3H3. The minimum absolute atomic E-state index is 0.000331. The Morgan fingerprint density at radius 3 is 2.41 bits per heavy atom. The van der Waals surface area contributed by atoms with Gasteiger partial charge in [0.2, 0.25) is 0 Å². The number of fused-ring (bicyclic) bond motifs is 1. The summed E-state index contributed by atoms with van der Waals surface area (Å²) in [6, 6.07) is 8.12. The zero-order valence-corrected chi connectivity index (χ0v) is 17.5. The molecule has 4 aromatic rings. The van der Waals surface area contributed by atoms with Crippen LogP contribution in [0.5, 0.6) is 0 Å². The van der Waals surface area contributed by atoms with E-state index < -0.39 is 29.5 Å². The zero-order valence-electron chi connectivity index (χ0n) is 17.5. The van der Waals surface area contributed by atoms with E-state index in [1.807, 2.05) is 0 Å². The third kappa shape index (κ3) is 3.27. The van der Waals surface area contributed by atoms with E-state index in [1.54, 1.807) is 19.9 Å². The van der Waals surface area contributed by atoms with Gasteiger partial charge in [-0.2, -0.15) is 4.68 Å². The molecular formula is C23H20F2N4O3. The van der Waals surface area contributed by atoms with Gasteiger partial charge >= 0.3 is 5.69 Å². The van der Waals surface area contributed by atoms with E-state index >= 15 is 4.39 Å². The van der Waals surface area contributed by atoms with Crippen LogP contribution in [0.1, 0.15) is 25.2 Å². The normalized spacial score (nSPS) is 11.3. The van der Waals surface area contributed by atoms with Crippen LogP contribution in [-0.4, -0.2) is 24.0 Å². The van der Waals surface area contributed by atoms with Crippen molar-refractivity contribution in [1.82, 2.24) is 18.9 Å². The summed E-state index contributed by atoms with van der Waals surface area (Å²) in [6.45, 7) is 7.09. The minimum Gasteiger partial charge on any atom is -0.388 e. The Hall–Kier alpha value is -3.85. The molecule has 0 fully saturated rings. The van der Waals surface area contributed by atoms with Gasteiger partial charge in [-0.15, -0.1) is 5.10 Å². The SMILES string of the molecule is C=C(C)c1cn(-c2ccccc2F)c(=O)c2cc(F)c(-n3nc(CO)n(CC)c3=O)cc12. The Labute approximate surface area is 181 Å². The third-order valence-corrected chi connectivity index (χ3v) is 5.28. The Morgan fingerprint density at radius 1 is 1.09 bits per heavy atom. The smallest absolute Gasteiger partial charge is 0.350 e. The van der Waals surface area contributed by atoms with Gasteiger partial charge in [0, 0.05) is 18.3 Å². The maximum absolute atomic E-state index is 15.1. The fourth-order valence-corrected chi connectivity index (χ4v) is 3.71. The lowest BCUT2D eigenvalue weighted by Gasteiger charge is -2.14. The van der Waals surface area contributed by atoms with Gasteiger partial charge < -0.3 is 5.11 Å². The first-order valence-corrected chi connectivity index (χ1v) is 9.88. The quantitative estimate of drug-likeness (QED) is 0.519. The molecule has 0 atom stereocenters. The van der Waals surface area contributed by atoms with Crippen LogP contribution >= 0.6 is 0 Å². The summed E-state index contributed by atoms with van der Waals surface area (Å²) in [5.74, 6) is -1.38. The lowest BCUT2D eigenvalue weighted by molar-refractivity contribution is 0.264. The van der Waals surface area contributed by atoms with Crippen molar-refractivity contribution < 1.29 is 13.9 Å². The number of allylic oxidation sites excluding steroid dienone is 1. The summed E-state index contributed by atoms with van der Waals surface area (Å²) in [5, 5.41) is 13.8. The van der Waals surface area contributed by atoms with Crippen LogP contribution in [0.25, 0.3) is 27.7 Å². The van der Waals surface area contributed by atoms with Gasteiger partial charge in [-0.1, -0.05) is 18.7 Å². The maximum Gasteiger partial charge on any atom is 0.350 e. The van der Waals surface area contributed by atoms with E-state index in [9.17, 15) is 19.1 Å². The Bertz CT molecular complexity index is 1500. The minimum atomic E-state index is -0.860. The molecule has 32 heavy (non-hydrogen) atoms. The zero-order chi connectivity index (χ0) is 23.2. The molecular weight excluding hydrogens is 418 g/mol. The number of hydrogen-bond donors (Lipinski definition) is 1. The van der Waals surface area contributed by atoms with Crippen molar-refractivity contribution in [3.8, 4) is 11.4 Å². The van der Waals surface area contributed by atoms with Gasteiger partial charge in [-0.05, 0) is 49.1 Å². The molecule has 0 spiro atoms. The first-order chi connectivity index (χ1) is 15.3. The number of aliphatic hydroxyl groups is 1. The van der Waals surface area contributed by atoms with Crippen molar-refractivity contribution in [2.45, 2.75) is 27.0 Å². The van der Waals surface area contributed by atoms with Crippen molar-refractivity contribution in [2.75, 3.05) is 0 Å². The molecule has 7 nitrogen and oxygen atoms in total. The Balaban J connectivity index is 2.07. The average Bonchev–Trinajstić information content (AvgIpc) is 3.09. The highest BCUT2D eigenvalue weighted by Crippen LogP contribution is 2.27. The fourth-order valence-electron chi connectivity index (χ4n) is 3.71. The molecule has 0 saturated heterocycles. The molecule has 0 aliphatic rings. The first kappa shape index (κ1) is 21.4. The predicted molar refractivity (Wildman–Crippen MR) is 117 cm³/mol. The van der Waals surface area contributed by atoms with E-state index in [0.717, 1.165) is 15.3 Å². The summed E-state index contributed by atoms with van der Waals surface area (Å²) >= 11 is 0. The Morgan fingerprint density at radius 2 is 1.81 bits per heavy atom. The molecule has 0 aliphatic heterocycles. The maximum atomic E-state index is 15.1. The molecule has 2 aromatic heterocycles. The van der Waals surface area contributed by atoms with Gasteiger partial charge in [-0.3, -0.25) is 13.9 Å². The summed E-state index contributed by atoms with van der Waals surface area (Å²) in [6.07, 6.45) is 1.44. The summed E-state index contributed by atoms with van der Waals surface area (Å²) in [5.41, 5.74) is -0.351. The molecule has 1 N–H and O–H groups in total. The first-order valence-electron chi connectivity index (χ1n) is 9.88. The van der Waals surface area contributed by atoms with Gasteiger partial charge in [0.15, 0.2) is 5.82 Å². The van der Waals surface area contributed by atoms with Crippen molar-refractivity contribution >= 4 is 16.3 Å². The number of para-hydroxylation sites is 1. The number of aromatic nitrogens is 4. The highest BCUT2D eigenvalue weighted by atomic mass is 19.1. The second-order valence-corrected chi connectivity index (χ2v) is 7.31. The molecule has 0 amide bonds. The van der Waals surface area contributed by atoms with Crippen LogP contribution in [-0.2, 0) is 13.2 Å². The summed E-state index contributed by atoms with van der Waals surface area (Å²) in [7, 11) is 0. The van der Waals surface area contributed by atoms with Crippen LogP contribution in [0.2, 0.25) is 0 Å². The Kier molecular flexibility index (Phi) is 5.35. The number of aliphatic hydroxyl groups excluding tert-OH is 1. The van der Waals surface area contributed by atoms with Gasteiger partial charge in [0.25, 0.3) is 5.56 Å². The number of halogens is 2. The van der Waals surface area contributed by atoms with Crippen molar-refractivity contribution in [3.05, 3.63) is 93.0 Å². The van der Waals surface area contributed by atoms with E-state index in [1.165, 1.54) is 35.0 Å². The van der Waals surface area contributed by atoms with Gasteiger partial charge in [0.1, 0.15) is 23.9 Å². The van der Waals surface area contributed by atoms with Crippen LogP contribution in [0.4, 0.5) is 8.78 Å². The number of pyridine rings is 1. The monoisotopic (exact) mass is 438 g/mol. The molecule has 0 saturated carbocycles. The highest BCUT2D eigenvalue weighted by molar-refractivity contribution is 5.94. The van der Waals surface area contributed by atoms with E-state index in [0.29, 0.717) is 16.5 Å². The number of nitrogens with zero attached hydrogens (tertiary/aromatic N) is 4. The van der Waals surface area contributed by atoms with Gasteiger partial charge in [-0.25, -0.2) is 13.6 Å². The van der Waals surface area contributed by atoms with E-state index in [2.05, 4.69) is 11.7 Å². The molecule has 0 radical (unpaired) electrons. The third-order valence-electron chi connectivity index (χ3n) is 5.28. The predicted octanol–water partition coefficient (Wildman–Crippen LogP) is 3.16.